The Balaban J connectivity index is 1.76. The van der Waals surface area contributed by atoms with E-state index >= 15 is 0 Å². The van der Waals surface area contributed by atoms with Crippen LogP contribution in [0.2, 0.25) is 0 Å². The Bertz CT molecular complexity index is 546. The van der Waals surface area contributed by atoms with E-state index in [1.165, 1.54) is 6.07 Å². The Morgan fingerprint density at radius 3 is 3.05 bits per heavy atom. The van der Waals surface area contributed by atoms with Crippen LogP contribution in [-0.4, -0.2) is 42.7 Å². The lowest BCUT2D eigenvalue weighted by Gasteiger charge is -2.27. The predicted octanol–water partition coefficient (Wildman–Crippen LogP) is 1.38. The second-order valence-electron chi connectivity index (χ2n) is 4.94. The number of hydrogen-bond acceptors (Lipinski definition) is 4. The Labute approximate surface area is 113 Å². The number of halogens is 3. The fraction of sp³-hybridized carbons (Fsp3) is 0.500. The zero-order valence-electron chi connectivity index (χ0n) is 10.5. The van der Waals surface area contributed by atoms with Crippen LogP contribution in [0.4, 0.5) is 24.7 Å². The van der Waals surface area contributed by atoms with Crippen molar-refractivity contribution in [1.82, 2.24) is 10.3 Å². The number of alkyl halides is 3. The van der Waals surface area contributed by atoms with Crippen molar-refractivity contribution in [1.29, 1.82) is 0 Å². The number of nitrogens with zero attached hydrogens (tertiary/aromatic N) is 2. The van der Waals surface area contributed by atoms with E-state index in [-0.39, 0.29) is 5.69 Å². The highest BCUT2D eigenvalue weighted by atomic mass is 19.4. The van der Waals surface area contributed by atoms with E-state index in [4.69, 9.17) is 0 Å². The molecule has 0 radical (unpaired) electrons. The number of fused-ring (bicyclic) bond motifs is 4. The number of pyridine rings is 1. The molecule has 1 fully saturated rings. The zero-order valence-corrected chi connectivity index (χ0v) is 10.5. The Kier molecular flexibility index (Phi) is 2.95. The molecular formula is C12H13F3N4O. The first kappa shape index (κ1) is 13.0. The van der Waals surface area contributed by atoms with Crippen LogP contribution >= 0.6 is 0 Å². The summed E-state index contributed by atoms with van der Waals surface area (Å²) >= 11 is 0. The van der Waals surface area contributed by atoms with Crippen LogP contribution in [0.25, 0.3) is 0 Å². The van der Waals surface area contributed by atoms with Gasteiger partial charge in [-0.2, -0.15) is 13.2 Å². The standard InChI is InChI=1S/C12H13F3N4O/c13-12(14,15)6-16-11(20)8-1-2-9-10(18-8)17-7-3-4-19(9)5-7/h1-2,7H,3-6H2,(H,16,20)(H,17,18)/t7-/m0/s1. The fourth-order valence-corrected chi connectivity index (χ4v) is 2.50. The monoisotopic (exact) mass is 286 g/mol. The molecule has 8 heteroatoms. The number of carbonyl (C=O) groups is 1. The minimum absolute atomic E-state index is 0.0111. The summed E-state index contributed by atoms with van der Waals surface area (Å²) in [4.78, 5) is 17.9. The first-order chi connectivity index (χ1) is 9.42. The van der Waals surface area contributed by atoms with E-state index in [2.05, 4.69) is 15.2 Å². The summed E-state index contributed by atoms with van der Waals surface area (Å²) in [6, 6.07) is 3.47. The van der Waals surface area contributed by atoms with Gasteiger partial charge in [0.15, 0.2) is 5.82 Å². The van der Waals surface area contributed by atoms with Gasteiger partial charge in [0.25, 0.3) is 5.91 Å². The van der Waals surface area contributed by atoms with Crippen molar-refractivity contribution < 1.29 is 18.0 Å². The van der Waals surface area contributed by atoms with Crippen LogP contribution in [0.15, 0.2) is 12.1 Å². The molecule has 1 amide bonds. The summed E-state index contributed by atoms with van der Waals surface area (Å²) < 4.78 is 36.2. The molecule has 108 valence electrons. The molecule has 1 atom stereocenters. The third-order valence-electron chi connectivity index (χ3n) is 3.43. The van der Waals surface area contributed by atoms with E-state index in [0.717, 1.165) is 25.2 Å². The quantitative estimate of drug-likeness (QED) is 0.862. The van der Waals surface area contributed by atoms with E-state index < -0.39 is 18.6 Å². The molecule has 0 saturated carbocycles. The summed E-state index contributed by atoms with van der Waals surface area (Å²) in [6.45, 7) is 0.465. The maximum Gasteiger partial charge on any atom is 0.405 e. The molecule has 1 saturated heterocycles. The van der Waals surface area contributed by atoms with E-state index in [9.17, 15) is 18.0 Å². The second kappa shape index (κ2) is 4.53. The molecular weight excluding hydrogens is 273 g/mol. The average molecular weight is 286 g/mol. The van der Waals surface area contributed by atoms with Crippen LogP contribution < -0.4 is 15.5 Å². The largest absolute Gasteiger partial charge is 0.405 e. The third-order valence-corrected chi connectivity index (χ3v) is 3.43. The second-order valence-corrected chi connectivity index (χ2v) is 4.94. The normalized spacial score (nSPS) is 20.4. The van der Waals surface area contributed by atoms with Crippen molar-refractivity contribution >= 4 is 17.4 Å². The number of amides is 1. The van der Waals surface area contributed by atoms with Crippen molar-refractivity contribution in [3.05, 3.63) is 17.8 Å². The van der Waals surface area contributed by atoms with Crippen molar-refractivity contribution in [2.45, 2.75) is 18.6 Å². The Morgan fingerprint density at radius 2 is 2.30 bits per heavy atom. The molecule has 0 unspecified atom stereocenters. The van der Waals surface area contributed by atoms with Gasteiger partial charge in [0.05, 0.1) is 5.69 Å². The molecule has 20 heavy (non-hydrogen) atoms. The predicted molar refractivity (Wildman–Crippen MR) is 66.9 cm³/mol. The lowest BCUT2D eigenvalue weighted by Crippen LogP contribution is -2.35. The summed E-state index contributed by atoms with van der Waals surface area (Å²) in [5.74, 6) is -0.252. The lowest BCUT2D eigenvalue weighted by atomic mass is 10.2. The molecule has 2 bridgehead atoms. The maximum atomic E-state index is 12.1. The third kappa shape index (κ3) is 2.50. The Morgan fingerprint density at radius 1 is 1.50 bits per heavy atom. The van der Waals surface area contributed by atoms with Crippen molar-refractivity contribution in [2.75, 3.05) is 29.9 Å². The minimum atomic E-state index is -4.42. The number of anilines is 2. The van der Waals surface area contributed by atoms with Gasteiger partial charge in [-0.15, -0.1) is 0 Å². The lowest BCUT2D eigenvalue weighted by molar-refractivity contribution is -0.123. The molecule has 0 spiro atoms. The van der Waals surface area contributed by atoms with Gasteiger partial charge in [-0.3, -0.25) is 4.79 Å². The van der Waals surface area contributed by atoms with Crippen molar-refractivity contribution in [3.63, 3.8) is 0 Å². The molecule has 2 N–H and O–H groups in total. The van der Waals surface area contributed by atoms with Gasteiger partial charge in [0, 0.05) is 19.1 Å². The molecule has 5 nitrogen and oxygen atoms in total. The van der Waals surface area contributed by atoms with Gasteiger partial charge in [0.2, 0.25) is 0 Å². The smallest absolute Gasteiger partial charge is 0.366 e. The molecule has 1 aromatic rings. The highest BCUT2D eigenvalue weighted by molar-refractivity contribution is 5.93. The number of aromatic nitrogens is 1. The number of carbonyl (C=O) groups excluding carboxylic acids is 1. The van der Waals surface area contributed by atoms with Gasteiger partial charge in [0.1, 0.15) is 12.2 Å². The average Bonchev–Trinajstić information content (AvgIpc) is 2.77. The molecule has 1 aromatic heterocycles. The van der Waals surface area contributed by atoms with Crippen LogP contribution in [0.1, 0.15) is 16.9 Å². The molecule has 2 aliphatic heterocycles. The highest BCUT2D eigenvalue weighted by Gasteiger charge is 2.32. The van der Waals surface area contributed by atoms with Gasteiger partial charge in [-0.25, -0.2) is 4.98 Å². The SMILES string of the molecule is O=C(NCC(F)(F)F)c1ccc2c(n1)N[C@H]1CCN2C1. The molecule has 3 rings (SSSR count). The summed E-state index contributed by atoms with van der Waals surface area (Å²) in [6.07, 6.45) is -3.43. The zero-order chi connectivity index (χ0) is 14.3. The minimum Gasteiger partial charge on any atom is -0.366 e. The fourth-order valence-electron chi connectivity index (χ4n) is 2.50. The van der Waals surface area contributed by atoms with Crippen molar-refractivity contribution in [3.8, 4) is 0 Å². The summed E-state index contributed by atoms with van der Waals surface area (Å²) in [5.41, 5.74) is 0.883. The number of nitrogens with one attached hydrogen (secondary N) is 2. The Hall–Kier alpha value is -1.99. The molecule has 0 aliphatic carbocycles. The van der Waals surface area contributed by atoms with E-state index in [1.807, 2.05) is 5.32 Å². The first-order valence-corrected chi connectivity index (χ1v) is 6.30. The number of hydrogen-bond donors (Lipinski definition) is 2. The van der Waals surface area contributed by atoms with Crippen LogP contribution in [0.5, 0.6) is 0 Å². The van der Waals surface area contributed by atoms with Gasteiger partial charge < -0.3 is 15.5 Å². The van der Waals surface area contributed by atoms with Gasteiger partial charge >= 0.3 is 6.18 Å². The topological polar surface area (TPSA) is 57.3 Å². The van der Waals surface area contributed by atoms with Crippen molar-refractivity contribution in [2.24, 2.45) is 0 Å². The van der Waals surface area contributed by atoms with Crippen LogP contribution in [-0.2, 0) is 0 Å². The summed E-state index contributed by atoms with van der Waals surface area (Å²) in [7, 11) is 0. The van der Waals surface area contributed by atoms with E-state index in [1.54, 1.807) is 6.07 Å². The molecule has 3 heterocycles. The van der Waals surface area contributed by atoms with Crippen LogP contribution in [0, 0.1) is 0 Å². The molecule has 2 aliphatic rings. The van der Waals surface area contributed by atoms with Gasteiger partial charge in [-0.05, 0) is 18.6 Å². The molecule has 0 aromatic carbocycles. The first-order valence-electron chi connectivity index (χ1n) is 6.30. The maximum absolute atomic E-state index is 12.1. The summed E-state index contributed by atoms with van der Waals surface area (Å²) in [5, 5.41) is 5.02. The highest BCUT2D eigenvalue weighted by Crippen LogP contribution is 2.33. The van der Waals surface area contributed by atoms with Gasteiger partial charge in [-0.1, -0.05) is 0 Å². The van der Waals surface area contributed by atoms with Crippen LogP contribution in [0.3, 0.4) is 0 Å². The number of rotatable bonds is 2. The van der Waals surface area contributed by atoms with E-state index in [0.29, 0.717) is 11.9 Å².